The van der Waals surface area contributed by atoms with E-state index in [9.17, 15) is 14.3 Å². The Bertz CT molecular complexity index is 851. The van der Waals surface area contributed by atoms with Gasteiger partial charge in [0.25, 0.3) is 0 Å². The molecule has 1 heterocycles. The summed E-state index contributed by atoms with van der Waals surface area (Å²) in [5, 5.41) is 8.91. The minimum Gasteiger partial charge on any atom is -0.494 e. The fourth-order valence-electron chi connectivity index (χ4n) is 2.76. The van der Waals surface area contributed by atoms with Gasteiger partial charge in [0.1, 0.15) is 16.8 Å². The Balaban J connectivity index is 2.09. The van der Waals surface area contributed by atoms with E-state index in [0.717, 1.165) is 16.0 Å². The van der Waals surface area contributed by atoms with Gasteiger partial charge in [-0.25, -0.2) is 4.39 Å². The second-order valence-corrected chi connectivity index (χ2v) is 6.97. The van der Waals surface area contributed by atoms with Gasteiger partial charge in [0.15, 0.2) is 0 Å². The van der Waals surface area contributed by atoms with Crippen molar-refractivity contribution in [3.63, 3.8) is 0 Å². The van der Waals surface area contributed by atoms with E-state index in [1.165, 1.54) is 23.9 Å². The molecular formula is C19H18FNO3S. The molecule has 130 valence electrons. The summed E-state index contributed by atoms with van der Waals surface area (Å²) in [6.45, 7) is 4.23. The first kappa shape index (κ1) is 17.5. The predicted molar refractivity (Wildman–Crippen MR) is 96.8 cm³/mol. The molecule has 1 aliphatic rings. The van der Waals surface area contributed by atoms with Crippen LogP contribution in [-0.4, -0.2) is 28.6 Å². The van der Waals surface area contributed by atoms with E-state index in [2.05, 4.69) is 4.99 Å². The van der Waals surface area contributed by atoms with Crippen LogP contribution in [0.5, 0.6) is 5.75 Å². The maximum Gasteiger partial charge on any atom is 0.317 e. The molecule has 1 N–H and O–H groups in total. The summed E-state index contributed by atoms with van der Waals surface area (Å²) in [4.78, 5) is 17.1. The zero-order valence-electron chi connectivity index (χ0n) is 14.0. The topological polar surface area (TPSA) is 58.9 Å². The van der Waals surface area contributed by atoms with E-state index in [1.54, 1.807) is 13.0 Å². The lowest BCUT2D eigenvalue weighted by molar-refractivity contribution is -0.136. The highest BCUT2D eigenvalue weighted by molar-refractivity contribution is 8.00. The smallest absolute Gasteiger partial charge is 0.317 e. The van der Waals surface area contributed by atoms with Crippen molar-refractivity contribution in [2.45, 2.75) is 30.4 Å². The molecule has 1 aliphatic heterocycles. The molecule has 0 aromatic heterocycles. The molecule has 0 aliphatic carbocycles. The van der Waals surface area contributed by atoms with Crippen LogP contribution in [0.25, 0.3) is 0 Å². The number of carboxylic acids is 1. The van der Waals surface area contributed by atoms with Gasteiger partial charge in [-0.15, -0.1) is 11.8 Å². The highest BCUT2D eigenvalue weighted by Crippen LogP contribution is 2.40. The lowest BCUT2D eigenvalue weighted by Gasteiger charge is -2.12. The van der Waals surface area contributed by atoms with Crippen LogP contribution in [0.1, 0.15) is 24.5 Å². The van der Waals surface area contributed by atoms with Gasteiger partial charge in [-0.3, -0.25) is 9.79 Å². The summed E-state index contributed by atoms with van der Waals surface area (Å²) in [6, 6.07) is 9.94. The SMILES string of the molecule is CCOc1ccc2c(c1)S[C@@H](C(=O)O)CC(c1ccc(F)cc1C)=N2. The third-order valence-electron chi connectivity index (χ3n) is 3.92. The third-order valence-corrected chi connectivity index (χ3v) is 5.15. The predicted octanol–water partition coefficient (Wildman–Crippen LogP) is 4.60. The average molecular weight is 359 g/mol. The van der Waals surface area contributed by atoms with Crippen LogP contribution in [-0.2, 0) is 4.79 Å². The summed E-state index contributed by atoms with van der Waals surface area (Å²) >= 11 is 1.27. The fraction of sp³-hybridized carbons (Fsp3) is 0.263. The number of hydrogen-bond donors (Lipinski definition) is 1. The van der Waals surface area contributed by atoms with Crippen LogP contribution in [0.2, 0.25) is 0 Å². The molecule has 0 saturated carbocycles. The number of benzene rings is 2. The van der Waals surface area contributed by atoms with E-state index in [1.807, 2.05) is 25.1 Å². The lowest BCUT2D eigenvalue weighted by atomic mass is 10.00. The van der Waals surface area contributed by atoms with Crippen LogP contribution in [0.15, 0.2) is 46.3 Å². The van der Waals surface area contributed by atoms with Crippen molar-refractivity contribution in [2.75, 3.05) is 6.61 Å². The molecular weight excluding hydrogens is 341 g/mol. The number of carboxylic acid groups (broad SMARTS) is 1. The van der Waals surface area contributed by atoms with Crippen LogP contribution in [0.4, 0.5) is 10.1 Å². The maximum absolute atomic E-state index is 13.4. The van der Waals surface area contributed by atoms with E-state index >= 15 is 0 Å². The summed E-state index contributed by atoms with van der Waals surface area (Å²) in [5.74, 6) is -0.525. The van der Waals surface area contributed by atoms with Crippen molar-refractivity contribution in [3.8, 4) is 5.75 Å². The van der Waals surface area contributed by atoms with Crippen molar-refractivity contribution >= 4 is 29.1 Å². The number of rotatable bonds is 4. The second kappa shape index (κ2) is 7.27. The van der Waals surface area contributed by atoms with E-state index in [-0.39, 0.29) is 12.2 Å². The highest BCUT2D eigenvalue weighted by Gasteiger charge is 2.27. The number of fused-ring (bicyclic) bond motifs is 1. The molecule has 0 radical (unpaired) electrons. The normalized spacial score (nSPS) is 16.6. The Morgan fingerprint density at radius 3 is 2.84 bits per heavy atom. The van der Waals surface area contributed by atoms with Gasteiger partial charge in [0, 0.05) is 11.3 Å². The van der Waals surface area contributed by atoms with Gasteiger partial charge in [-0.1, -0.05) is 0 Å². The Labute approximate surface area is 149 Å². The number of ether oxygens (including phenoxy) is 1. The fourth-order valence-corrected chi connectivity index (χ4v) is 3.83. The summed E-state index contributed by atoms with van der Waals surface area (Å²) in [6.07, 6.45) is 0.269. The van der Waals surface area contributed by atoms with Gasteiger partial charge in [-0.05, 0) is 61.4 Å². The molecule has 0 bridgehead atoms. The molecule has 0 amide bonds. The Hall–Kier alpha value is -2.34. The third kappa shape index (κ3) is 3.85. The Morgan fingerprint density at radius 2 is 2.16 bits per heavy atom. The Morgan fingerprint density at radius 1 is 1.36 bits per heavy atom. The zero-order valence-corrected chi connectivity index (χ0v) is 14.8. The van der Waals surface area contributed by atoms with Crippen LogP contribution < -0.4 is 4.74 Å². The molecule has 0 saturated heterocycles. The Kier molecular flexibility index (Phi) is 5.08. The quantitative estimate of drug-likeness (QED) is 0.866. The lowest BCUT2D eigenvalue weighted by Crippen LogP contribution is -2.20. The number of aliphatic carboxylic acids is 1. The van der Waals surface area contributed by atoms with Crippen LogP contribution in [0, 0.1) is 12.7 Å². The first-order valence-corrected chi connectivity index (χ1v) is 8.86. The molecule has 0 spiro atoms. The standard InChI is InChI=1S/C19H18FNO3S/c1-3-24-13-5-7-15-17(9-13)25-18(19(22)23)10-16(21-15)14-6-4-12(20)8-11(14)2/h4-9,18H,3,10H2,1-2H3,(H,22,23)/t18-/m1/s1. The van der Waals surface area contributed by atoms with E-state index < -0.39 is 11.2 Å². The minimum absolute atomic E-state index is 0.269. The number of nitrogens with zero attached hydrogens (tertiary/aromatic N) is 1. The first-order chi connectivity index (χ1) is 12.0. The summed E-state index contributed by atoms with van der Waals surface area (Å²) < 4.78 is 18.9. The number of aryl methyl sites for hydroxylation is 1. The van der Waals surface area contributed by atoms with Gasteiger partial charge >= 0.3 is 5.97 Å². The summed E-state index contributed by atoms with van der Waals surface area (Å²) in [7, 11) is 0. The van der Waals surface area contributed by atoms with Crippen LogP contribution >= 0.6 is 11.8 Å². The number of hydrogen-bond acceptors (Lipinski definition) is 4. The van der Waals surface area contributed by atoms with Crippen molar-refractivity contribution in [2.24, 2.45) is 4.99 Å². The monoisotopic (exact) mass is 359 g/mol. The zero-order chi connectivity index (χ0) is 18.0. The van der Waals surface area contributed by atoms with Gasteiger partial charge < -0.3 is 9.84 Å². The van der Waals surface area contributed by atoms with Gasteiger partial charge in [-0.2, -0.15) is 0 Å². The minimum atomic E-state index is -0.896. The second-order valence-electron chi connectivity index (χ2n) is 5.73. The maximum atomic E-state index is 13.4. The number of halogens is 1. The molecule has 2 aromatic carbocycles. The summed E-state index contributed by atoms with van der Waals surface area (Å²) in [5.41, 5.74) is 2.87. The molecule has 0 unspecified atom stereocenters. The van der Waals surface area contributed by atoms with Gasteiger partial charge in [0.2, 0.25) is 0 Å². The molecule has 3 rings (SSSR count). The van der Waals surface area contributed by atoms with Crippen molar-refractivity contribution in [3.05, 3.63) is 53.3 Å². The number of thioether (sulfide) groups is 1. The molecule has 1 atom stereocenters. The molecule has 0 fully saturated rings. The van der Waals surface area contributed by atoms with Gasteiger partial charge in [0.05, 0.1) is 18.0 Å². The van der Waals surface area contributed by atoms with E-state index in [0.29, 0.717) is 23.8 Å². The van der Waals surface area contributed by atoms with Crippen molar-refractivity contribution in [1.29, 1.82) is 0 Å². The van der Waals surface area contributed by atoms with Crippen molar-refractivity contribution < 1.29 is 19.0 Å². The number of carbonyl (C=O) groups is 1. The first-order valence-electron chi connectivity index (χ1n) is 7.98. The van der Waals surface area contributed by atoms with E-state index in [4.69, 9.17) is 4.74 Å². The largest absolute Gasteiger partial charge is 0.494 e. The molecule has 25 heavy (non-hydrogen) atoms. The highest BCUT2D eigenvalue weighted by atomic mass is 32.2. The molecule has 2 aromatic rings. The molecule has 4 nitrogen and oxygen atoms in total. The van der Waals surface area contributed by atoms with Crippen molar-refractivity contribution in [1.82, 2.24) is 0 Å². The number of aliphatic imine (C=N–C) groups is 1. The molecule has 6 heteroatoms. The average Bonchev–Trinajstić information content (AvgIpc) is 2.74. The van der Waals surface area contributed by atoms with Crippen LogP contribution in [0.3, 0.4) is 0 Å².